The molecule has 248 valence electrons. The number of carbonyl (C=O) groups is 2. The van der Waals surface area contributed by atoms with E-state index in [2.05, 4.69) is 19.2 Å². The molecule has 4 aromatic rings. The molecule has 0 unspecified atom stereocenters. The summed E-state index contributed by atoms with van der Waals surface area (Å²) in [6.45, 7) is 9.37. The molecular formula is C38H44ClN3O4S. The van der Waals surface area contributed by atoms with Crippen molar-refractivity contribution in [2.75, 3.05) is 10.8 Å². The Morgan fingerprint density at radius 1 is 0.830 bits per heavy atom. The second-order valence-corrected chi connectivity index (χ2v) is 14.5. The molecule has 0 bridgehead atoms. The first kappa shape index (κ1) is 35.7. The normalized spacial score (nSPS) is 12.7. The Labute approximate surface area is 284 Å². The fraction of sp³-hybridized carbons (Fsp3) is 0.316. The summed E-state index contributed by atoms with van der Waals surface area (Å²) in [5, 5.41) is 3.50. The second-order valence-electron chi connectivity index (χ2n) is 12.2. The molecule has 0 saturated carbocycles. The number of sulfonamides is 1. The molecule has 4 rings (SSSR count). The van der Waals surface area contributed by atoms with Crippen molar-refractivity contribution in [1.82, 2.24) is 10.2 Å². The van der Waals surface area contributed by atoms with Crippen LogP contribution < -0.4 is 9.62 Å². The van der Waals surface area contributed by atoms with Crippen LogP contribution in [0.2, 0.25) is 5.02 Å². The van der Waals surface area contributed by atoms with E-state index >= 15 is 0 Å². The number of nitrogens with zero attached hydrogens (tertiary/aromatic N) is 2. The Bertz CT molecular complexity index is 1740. The van der Waals surface area contributed by atoms with Crippen LogP contribution in [0.3, 0.4) is 0 Å². The number of aryl methyl sites for hydroxylation is 1. The number of hydrogen-bond donors (Lipinski definition) is 1. The van der Waals surface area contributed by atoms with Gasteiger partial charge < -0.3 is 10.2 Å². The van der Waals surface area contributed by atoms with Gasteiger partial charge in [-0.1, -0.05) is 111 Å². The van der Waals surface area contributed by atoms with Gasteiger partial charge in [-0.25, -0.2) is 8.42 Å². The first-order valence-electron chi connectivity index (χ1n) is 16.0. The molecule has 0 saturated heterocycles. The van der Waals surface area contributed by atoms with Gasteiger partial charge >= 0.3 is 0 Å². The van der Waals surface area contributed by atoms with E-state index in [0.29, 0.717) is 22.7 Å². The van der Waals surface area contributed by atoms with Crippen molar-refractivity contribution >= 4 is 39.1 Å². The molecule has 47 heavy (non-hydrogen) atoms. The highest BCUT2D eigenvalue weighted by Gasteiger charge is 2.35. The lowest BCUT2D eigenvalue weighted by Gasteiger charge is -2.34. The Hall–Kier alpha value is -4.14. The smallest absolute Gasteiger partial charge is 0.264 e. The summed E-state index contributed by atoms with van der Waals surface area (Å²) in [7, 11) is -4.18. The van der Waals surface area contributed by atoms with Crippen LogP contribution in [0.5, 0.6) is 0 Å². The number of halogens is 1. The number of carbonyl (C=O) groups excluding carboxylic acids is 2. The Balaban J connectivity index is 1.82. The van der Waals surface area contributed by atoms with Crippen molar-refractivity contribution in [2.45, 2.75) is 76.9 Å². The van der Waals surface area contributed by atoms with E-state index < -0.39 is 28.5 Å². The van der Waals surface area contributed by atoms with Crippen LogP contribution >= 0.6 is 11.6 Å². The minimum Gasteiger partial charge on any atom is -0.352 e. The molecular weight excluding hydrogens is 630 g/mol. The molecule has 0 aromatic heterocycles. The lowest BCUT2D eigenvalue weighted by atomic mass is 10.0. The van der Waals surface area contributed by atoms with E-state index in [0.717, 1.165) is 21.0 Å². The minimum atomic E-state index is -4.18. The molecule has 0 radical (unpaired) electrons. The summed E-state index contributed by atoms with van der Waals surface area (Å²) in [5.74, 6) is -0.617. The molecule has 4 aromatic carbocycles. The van der Waals surface area contributed by atoms with Crippen LogP contribution in [-0.2, 0) is 32.6 Å². The number of hydrogen-bond acceptors (Lipinski definition) is 4. The molecule has 0 aliphatic heterocycles. The zero-order valence-corrected chi connectivity index (χ0v) is 29.3. The number of nitrogens with one attached hydrogen (secondary N) is 1. The number of rotatable bonds is 14. The molecule has 2 atom stereocenters. The van der Waals surface area contributed by atoms with Crippen LogP contribution in [0.15, 0.2) is 108 Å². The lowest BCUT2D eigenvalue weighted by molar-refractivity contribution is -0.140. The average molecular weight is 674 g/mol. The number of amides is 2. The van der Waals surface area contributed by atoms with Gasteiger partial charge in [-0.05, 0) is 73.2 Å². The highest BCUT2D eigenvalue weighted by molar-refractivity contribution is 7.92. The van der Waals surface area contributed by atoms with E-state index in [1.165, 1.54) is 4.90 Å². The van der Waals surface area contributed by atoms with Crippen LogP contribution in [0.1, 0.15) is 62.3 Å². The summed E-state index contributed by atoms with van der Waals surface area (Å²) in [5.41, 5.74) is 3.81. The lowest BCUT2D eigenvalue weighted by Crippen LogP contribution is -2.54. The molecule has 0 aliphatic rings. The van der Waals surface area contributed by atoms with Gasteiger partial charge in [0.05, 0.1) is 10.6 Å². The van der Waals surface area contributed by atoms with Gasteiger partial charge in [0.2, 0.25) is 11.8 Å². The quantitative estimate of drug-likeness (QED) is 0.150. The molecule has 0 spiro atoms. The fourth-order valence-electron chi connectivity index (χ4n) is 5.20. The summed E-state index contributed by atoms with van der Waals surface area (Å²) in [4.78, 5) is 30.1. The maximum absolute atomic E-state index is 14.6. The fourth-order valence-corrected chi connectivity index (χ4v) is 6.81. The highest BCUT2D eigenvalue weighted by atomic mass is 35.5. The van der Waals surface area contributed by atoms with Gasteiger partial charge in [-0.15, -0.1) is 0 Å². The van der Waals surface area contributed by atoms with E-state index in [4.69, 9.17) is 11.6 Å². The van der Waals surface area contributed by atoms with Gasteiger partial charge in [-0.3, -0.25) is 13.9 Å². The summed E-state index contributed by atoms with van der Waals surface area (Å²) in [6, 6.07) is 29.3. The zero-order valence-electron chi connectivity index (χ0n) is 27.7. The highest BCUT2D eigenvalue weighted by Crippen LogP contribution is 2.28. The van der Waals surface area contributed by atoms with E-state index in [-0.39, 0.29) is 35.7 Å². The Morgan fingerprint density at radius 3 is 2.04 bits per heavy atom. The van der Waals surface area contributed by atoms with Crippen molar-refractivity contribution in [3.63, 3.8) is 0 Å². The molecule has 2 amide bonds. The van der Waals surface area contributed by atoms with Crippen molar-refractivity contribution < 1.29 is 18.0 Å². The molecule has 7 nitrogen and oxygen atoms in total. The second kappa shape index (κ2) is 16.1. The van der Waals surface area contributed by atoms with Gasteiger partial charge in [0.15, 0.2) is 0 Å². The first-order valence-corrected chi connectivity index (χ1v) is 17.8. The summed E-state index contributed by atoms with van der Waals surface area (Å²) in [6.07, 6.45) is 0.935. The van der Waals surface area contributed by atoms with Crippen LogP contribution in [0, 0.1) is 6.92 Å². The minimum absolute atomic E-state index is 0.00857. The topological polar surface area (TPSA) is 86.8 Å². The van der Waals surface area contributed by atoms with Gasteiger partial charge in [0.1, 0.15) is 12.6 Å². The maximum Gasteiger partial charge on any atom is 0.264 e. The number of benzene rings is 4. The SMILES string of the molecule is CC[C@@H](C)NC(=O)[C@@H](Cc1ccccc1)N(Cc1ccccc1Cl)C(=O)CN(c1ccc(C(C)C)cc1)S(=O)(=O)c1ccc(C)cc1. The first-order chi connectivity index (χ1) is 22.4. The van der Waals surface area contributed by atoms with Gasteiger partial charge in [0, 0.05) is 24.0 Å². The van der Waals surface area contributed by atoms with Gasteiger partial charge in [-0.2, -0.15) is 0 Å². The number of anilines is 1. The maximum atomic E-state index is 14.6. The molecule has 0 fully saturated rings. The third kappa shape index (κ3) is 9.24. The summed E-state index contributed by atoms with van der Waals surface area (Å²) < 4.78 is 29.7. The molecule has 0 aliphatic carbocycles. The Morgan fingerprint density at radius 2 is 1.45 bits per heavy atom. The van der Waals surface area contributed by atoms with Crippen molar-refractivity contribution in [2.24, 2.45) is 0 Å². The predicted molar refractivity (Wildman–Crippen MR) is 190 cm³/mol. The largest absolute Gasteiger partial charge is 0.352 e. The molecule has 9 heteroatoms. The van der Waals surface area contributed by atoms with Gasteiger partial charge in [0.25, 0.3) is 10.0 Å². The van der Waals surface area contributed by atoms with Crippen molar-refractivity contribution in [3.8, 4) is 0 Å². The summed E-state index contributed by atoms with van der Waals surface area (Å²) >= 11 is 6.59. The van der Waals surface area contributed by atoms with E-state index in [1.807, 2.05) is 69.3 Å². The monoisotopic (exact) mass is 673 g/mol. The van der Waals surface area contributed by atoms with Crippen LogP contribution in [0.25, 0.3) is 0 Å². The van der Waals surface area contributed by atoms with Crippen molar-refractivity contribution in [3.05, 3.63) is 130 Å². The Kier molecular flexibility index (Phi) is 12.2. The van der Waals surface area contributed by atoms with Crippen LogP contribution in [0.4, 0.5) is 5.69 Å². The van der Waals surface area contributed by atoms with E-state index in [1.54, 1.807) is 54.6 Å². The molecule has 0 heterocycles. The zero-order chi connectivity index (χ0) is 34.1. The molecule has 1 N–H and O–H groups in total. The average Bonchev–Trinajstić information content (AvgIpc) is 3.06. The van der Waals surface area contributed by atoms with Crippen molar-refractivity contribution in [1.29, 1.82) is 0 Å². The van der Waals surface area contributed by atoms with Crippen LogP contribution in [-0.4, -0.2) is 43.8 Å². The predicted octanol–water partition coefficient (Wildman–Crippen LogP) is 7.52. The third-order valence-electron chi connectivity index (χ3n) is 8.31. The third-order valence-corrected chi connectivity index (χ3v) is 10.5. The standard InChI is InChI=1S/C38H44ClN3O4S/c1-6-29(5)40-38(44)36(24-30-12-8-7-9-13-30)41(25-32-14-10-11-15-35(32)39)37(43)26-42(33-20-18-31(19-21-33)27(2)3)47(45,46)34-22-16-28(4)17-23-34/h7-23,27,29,36H,6,24-26H2,1-5H3,(H,40,44)/t29-,36-/m1/s1. The van der Waals surface area contributed by atoms with E-state index in [9.17, 15) is 18.0 Å².